The Morgan fingerprint density at radius 2 is 1.53 bits per heavy atom. The topological polar surface area (TPSA) is 30.2 Å². The maximum absolute atomic E-state index is 12.3. The molecular weight excluding hydrogens is 212 g/mol. The van der Waals surface area contributed by atoms with E-state index in [0.29, 0.717) is 11.3 Å². The fourth-order valence-electron chi connectivity index (χ4n) is 2.47. The molecule has 0 spiro atoms. The third kappa shape index (κ3) is 0.972. The lowest BCUT2D eigenvalue weighted by molar-refractivity contribution is 0.104. The molecule has 0 bridgehead atoms. The molecule has 1 aromatic heterocycles. The number of carbonyl (C=O) groups excluding carboxylic acids is 1. The molecule has 0 radical (unpaired) electrons. The van der Waals surface area contributed by atoms with Crippen LogP contribution in [-0.2, 0) is 0 Å². The number of hydrogen-bond donors (Lipinski definition) is 0. The van der Waals surface area contributed by atoms with Gasteiger partial charge in [0.05, 0.1) is 5.56 Å². The summed E-state index contributed by atoms with van der Waals surface area (Å²) in [7, 11) is 0. The molecule has 0 saturated heterocycles. The molecule has 17 heavy (non-hydrogen) atoms. The van der Waals surface area contributed by atoms with Gasteiger partial charge in [0.25, 0.3) is 0 Å². The highest BCUT2D eigenvalue weighted by Crippen LogP contribution is 2.42. The molecule has 0 aliphatic heterocycles. The number of benzene rings is 2. The van der Waals surface area contributed by atoms with E-state index < -0.39 is 0 Å². The third-order valence-electron chi connectivity index (χ3n) is 3.24. The van der Waals surface area contributed by atoms with Gasteiger partial charge in [-0.15, -0.1) is 0 Å². The summed E-state index contributed by atoms with van der Waals surface area (Å²) in [6.45, 7) is 0. The summed E-state index contributed by atoms with van der Waals surface area (Å²) in [6.07, 6.45) is 0. The van der Waals surface area contributed by atoms with Crippen molar-refractivity contribution in [2.75, 3.05) is 0 Å². The van der Waals surface area contributed by atoms with Crippen molar-refractivity contribution >= 4 is 16.8 Å². The average molecular weight is 220 g/mol. The highest BCUT2D eigenvalue weighted by molar-refractivity contribution is 6.26. The number of furan rings is 1. The molecule has 80 valence electrons. The molecule has 0 unspecified atom stereocenters. The summed E-state index contributed by atoms with van der Waals surface area (Å²) < 4.78 is 5.79. The van der Waals surface area contributed by atoms with Crippen molar-refractivity contribution in [3.8, 4) is 11.3 Å². The standard InChI is InChI=1S/C15H8O2/c16-14-9-5-1-2-6-10(9)15-13(14)11-7-3-4-8-12(11)17-15/h1-8H. The Morgan fingerprint density at radius 1 is 0.824 bits per heavy atom. The van der Waals surface area contributed by atoms with E-state index in [1.165, 1.54) is 0 Å². The van der Waals surface area contributed by atoms with Gasteiger partial charge in [-0.25, -0.2) is 0 Å². The van der Waals surface area contributed by atoms with E-state index in [-0.39, 0.29) is 5.78 Å². The molecular formula is C15H8O2. The van der Waals surface area contributed by atoms with Crippen LogP contribution in [0, 0.1) is 0 Å². The smallest absolute Gasteiger partial charge is 0.198 e. The van der Waals surface area contributed by atoms with E-state index >= 15 is 0 Å². The SMILES string of the molecule is O=C1c2ccccc2-c2oc3ccccc3c21. The Bertz CT molecular complexity index is 765. The molecule has 0 atom stereocenters. The summed E-state index contributed by atoms with van der Waals surface area (Å²) >= 11 is 0. The monoisotopic (exact) mass is 220 g/mol. The fourth-order valence-corrected chi connectivity index (χ4v) is 2.47. The van der Waals surface area contributed by atoms with Gasteiger partial charge in [0.1, 0.15) is 11.3 Å². The average Bonchev–Trinajstić information content (AvgIpc) is 2.88. The van der Waals surface area contributed by atoms with Gasteiger partial charge in [-0.05, 0) is 6.07 Å². The normalized spacial score (nSPS) is 12.8. The van der Waals surface area contributed by atoms with Crippen LogP contribution in [0.5, 0.6) is 0 Å². The minimum atomic E-state index is 0.0700. The molecule has 0 N–H and O–H groups in total. The van der Waals surface area contributed by atoms with E-state index in [1.807, 2.05) is 48.5 Å². The van der Waals surface area contributed by atoms with Gasteiger partial charge in [-0.3, -0.25) is 4.79 Å². The van der Waals surface area contributed by atoms with Gasteiger partial charge in [-0.1, -0.05) is 42.5 Å². The van der Waals surface area contributed by atoms with Crippen LogP contribution in [0.3, 0.4) is 0 Å². The number of fused-ring (bicyclic) bond motifs is 5. The number of carbonyl (C=O) groups is 1. The van der Waals surface area contributed by atoms with Crippen LogP contribution in [-0.4, -0.2) is 5.78 Å². The second-order valence-corrected chi connectivity index (χ2v) is 4.18. The first-order chi connectivity index (χ1) is 8.36. The zero-order chi connectivity index (χ0) is 11.4. The summed E-state index contributed by atoms with van der Waals surface area (Å²) in [5.74, 6) is 0.785. The van der Waals surface area contributed by atoms with E-state index in [2.05, 4.69) is 0 Å². The van der Waals surface area contributed by atoms with Crippen LogP contribution in [0.2, 0.25) is 0 Å². The minimum absolute atomic E-state index is 0.0700. The number of rotatable bonds is 0. The van der Waals surface area contributed by atoms with E-state index in [9.17, 15) is 4.79 Å². The Hall–Kier alpha value is -2.35. The molecule has 0 amide bonds. The van der Waals surface area contributed by atoms with Crippen LogP contribution in [0.1, 0.15) is 15.9 Å². The minimum Gasteiger partial charge on any atom is -0.455 e. The van der Waals surface area contributed by atoms with Gasteiger partial charge < -0.3 is 4.42 Å². The first-order valence-electron chi connectivity index (χ1n) is 5.52. The summed E-state index contributed by atoms with van der Waals surface area (Å²) in [5, 5.41) is 0.906. The first kappa shape index (κ1) is 8.76. The van der Waals surface area contributed by atoms with Crippen molar-refractivity contribution in [3.05, 3.63) is 59.7 Å². The van der Waals surface area contributed by atoms with Gasteiger partial charge >= 0.3 is 0 Å². The van der Waals surface area contributed by atoms with Crippen LogP contribution >= 0.6 is 0 Å². The second-order valence-electron chi connectivity index (χ2n) is 4.18. The van der Waals surface area contributed by atoms with E-state index in [1.54, 1.807) is 0 Å². The molecule has 1 heterocycles. The molecule has 2 nitrogen and oxygen atoms in total. The largest absolute Gasteiger partial charge is 0.455 e. The zero-order valence-corrected chi connectivity index (χ0v) is 8.94. The van der Waals surface area contributed by atoms with Gasteiger partial charge in [0, 0.05) is 16.5 Å². The Morgan fingerprint density at radius 3 is 2.41 bits per heavy atom. The van der Waals surface area contributed by atoms with Crippen molar-refractivity contribution in [2.45, 2.75) is 0 Å². The summed E-state index contributed by atoms with van der Waals surface area (Å²) in [6, 6.07) is 15.2. The van der Waals surface area contributed by atoms with E-state index in [4.69, 9.17) is 4.42 Å². The molecule has 3 aromatic rings. The number of para-hydroxylation sites is 1. The van der Waals surface area contributed by atoms with E-state index in [0.717, 1.165) is 22.1 Å². The van der Waals surface area contributed by atoms with Crippen molar-refractivity contribution in [1.82, 2.24) is 0 Å². The lowest BCUT2D eigenvalue weighted by Crippen LogP contribution is -1.94. The van der Waals surface area contributed by atoms with Crippen LogP contribution in [0.4, 0.5) is 0 Å². The van der Waals surface area contributed by atoms with Crippen LogP contribution in [0.25, 0.3) is 22.3 Å². The Kier molecular flexibility index (Phi) is 1.47. The molecule has 2 aromatic carbocycles. The van der Waals surface area contributed by atoms with Crippen molar-refractivity contribution < 1.29 is 9.21 Å². The van der Waals surface area contributed by atoms with Crippen molar-refractivity contribution in [2.24, 2.45) is 0 Å². The highest BCUT2D eigenvalue weighted by Gasteiger charge is 2.31. The lowest BCUT2D eigenvalue weighted by atomic mass is 10.1. The molecule has 1 aliphatic rings. The second kappa shape index (κ2) is 2.86. The maximum atomic E-state index is 12.3. The van der Waals surface area contributed by atoms with Gasteiger partial charge in [0.2, 0.25) is 0 Å². The van der Waals surface area contributed by atoms with Crippen molar-refractivity contribution in [3.63, 3.8) is 0 Å². The number of ketones is 1. The molecule has 2 heteroatoms. The molecule has 1 aliphatic carbocycles. The summed E-state index contributed by atoms with van der Waals surface area (Å²) in [5.41, 5.74) is 3.14. The maximum Gasteiger partial charge on any atom is 0.198 e. The Labute approximate surface area is 97.5 Å². The fraction of sp³-hybridized carbons (Fsp3) is 0. The molecule has 0 fully saturated rings. The van der Waals surface area contributed by atoms with Gasteiger partial charge in [-0.2, -0.15) is 0 Å². The molecule has 0 saturated carbocycles. The predicted octanol–water partition coefficient (Wildman–Crippen LogP) is 3.64. The molecule has 4 rings (SSSR count). The Balaban J connectivity index is 2.19. The van der Waals surface area contributed by atoms with Crippen molar-refractivity contribution in [1.29, 1.82) is 0 Å². The lowest BCUT2D eigenvalue weighted by Gasteiger charge is -1.96. The van der Waals surface area contributed by atoms with Gasteiger partial charge in [0.15, 0.2) is 5.78 Å². The van der Waals surface area contributed by atoms with Crippen LogP contribution in [0.15, 0.2) is 52.9 Å². The van der Waals surface area contributed by atoms with Crippen LogP contribution < -0.4 is 0 Å². The third-order valence-corrected chi connectivity index (χ3v) is 3.24. The number of hydrogen-bond acceptors (Lipinski definition) is 2. The predicted molar refractivity (Wildman–Crippen MR) is 65.1 cm³/mol. The quantitative estimate of drug-likeness (QED) is 0.453. The zero-order valence-electron chi connectivity index (χ0n) is 8.94. The summed E-state index contributed by atoms with van der Waals surface area (Å²) in [4.78, 5) is 12.3. The first-order valence-corrected chi connectivity index (χ1v) is 5.52. The highest BCUT2D eigenvalue weighted by atomic mass is 16.3.